The largest absolute Gasteiger partial charge is 0.346 e. The Morgan fingerprint density at radius 1 is 1.26 bits per heavy atom. The maximum Gasteiger partial charge on any atom is 0.269 e. The van der Waals surface area contributed by atoms with Crippen LogP contribution in [0.1, 0.15) is 23.9 Å². The molecule has 1 aromatic carbocycles. The molecule has 1 atom stereocenters. The van der Waals surface area contributed by atoms with Crippen molar-refractivity contribution in [3.63, 3.8) is 0 Å². The number of pyridine rings is 1. The van der Waals surface area contributed by atoms with E-state index in [4.69, 9.17) is 0 Å². The van der Waals surface area contributed by atoms with Gasteiger partial charge in [-0.1, -0.05) is 18.2 Å². The number of fused-ring (bicyclic) bond motifs is 1. The molecule has 0 spiro atoms. The quantitative estimate of drug-likeness (QED) is 0.472. The van der Waals surface area contributed by atoms with Gasteiger partial charge in [0.25, 0.3) is 5.69 Å². The van der Waals surface area contributed by atoms with E-state index >= 15 is 0 Å². The van der Waals surface area contributed by atoms with Gasteiger partial charge < -0.3 is 5.32 Å². The van der Waals surface area contributed by atoms with Crippen LogP contribution in [0, 0.1) is 10.1 Å². The van der Waals surface area contributed by atoms with E-state index in [1.807, 2.05) is 35.1 Å². The summed E-state index contributed by atoms with van der Waals surface area (Å²) in [5.74, 6) is 1.39. The predicted octanol–water partition coefficient (Wildman–Crippen LogP) is 2.79. The second kappa shape index (κ2) is 8.63. The van der Waals surface area contributed by atoms with Gasteiger partial charge in [-0.2, -0.15) is 11.8 Å². The Kier molecular flexibility index (Phi) is 6.02. The normalized spacial score (nSPS) is 12.0. The van der Waals surface area contributed by atoms with Crippen molar-refractivity contribution in [2.75, 3.05) is 12.0 Å². The first kappa shape index (κ1) is 18.8. The number of thioether (sulfide) groups is 1. The average molecular weight is 385 g/mol. The molecule has 1 amide bonds. The van der Waals surface area contributed by atoms with E-state index in [1.54, 1.807) is 23.9 Å². The number of hydrogen-bond acceptors (Lipinski definition) is 6. The molecule has 3 aromatic rings. The van der Waals surface area contributed by atoms with Gasteiger partial charge in [-0.05, 0) is 36.1 Å². The first-order valence-electron chi connectivity index (χ1n) is 8.40. The number of nitrogens with one attached hydrogen (secondary N) is 1. The summed E-state index contributed by atoms with van der Waals surface area (Å²) in [4.78, 5) is 22.8. The van der Waals surface area contributed by atoms with Crippen LogP contribution in [0.2, 0.25) is 0 Å². The van der Waals surface area contributed by atoms with E-state index in [9.17, 15) is 14.9 Å². The molecule has 0 aliphatic heterocycles. The fourth-order valence-corrected chi connectivity index (χ4v) is 3.24. The standard InChI is InChI=1S/C18H19N5O3S/c1-27-11-9-15(18-21-20-16-4-2-3-10-22(16)18)19-17(24)12-13-5-7-14(8-6-13)23(25)26/h2-8,10,15H,9,11-12H2,1H3,(H,19,24). The molecule has 0 fully saturated rings. The van der Waals surface area contributed by atoms with Crippen LogP contribution in [-0.4, -0.2) is 37.4 Å². The van der Waals surface area contributed by atoms with E-state index in [0.29, 0.717) is 11.4 Å². The van der Waals surface area contributed by atoms with Gasteiger partial charge in [0.2, 0.25) is 5.91 Å². The van der Waals surface area contributed by atoms with Gasteiger partial charge in [0.05, 0.1) is 17.4 Å². The van der Waals surface area contributed by atoms with E-state index in [1.165, 1.54) is 12.1 Å². The molecule has 2 heterocycles. The minimum absolute atomic E-state index is 0.00642. The van der Waals surface area contributed by atoms with Crippen LogP contribution >= 0.6 is 11.8 Å². The first-order chi connectivity index (χ1) is 13.1. The zero-order valence-corrected chi connectivity index (χ0v) is 15.6. The molecule has 0 saturated heterocycles. The lowest BCUT2D eigenvalue weighted by molar-refractivity contribution is -0.384. The third kappa shape index (κ3) is 4.62. The zero-order valence-electron chi connectivity index (χ0n) is 14.7. The maximum atomic E-state index is 12.5. The summed E-state index contributed by atoms with van der Waals surface area (Å²) in [6.07, 6.45) is 4.75. The molecule has 0 aliphatic rings. The molecule has 0 aliphatic carbocycles. The van der Waals surface area contributed by atoms with Crippen LogP contribution in [0.5, 0.6) is 0 Å². The highest BCUT2D eigenvalue weighted by Crippen LogP contribution is 2.19. The Morgan fingerprint density at radius 2 is 2.04 bits per heavy atom. The van der Waals surface area contributed by atoms with Crippen molar-refractivity contribution < 1.29 is 9.72 Å². The van der Waals surface area contributed by atoms with E-state index in [2.05, 4.69) is 15.5 Å². The molecule has 0 bridgehead atoms. The van der Waals surface area contributed by atoms with Crippen molar-refractivity contribution in [3.05, 3.63) is 70.2 Å². The minimum Gasteiger partial charge on any atom is -0.346 e. The molecule has 8 nitrogen and oxygen atoms in total. The number of carbonyl (C=O) groups is 1. The van der Waals surface area contributed by atoms with Gasteiger partial charge in [-0.25, -0.2) is 0 Å². The van der Waals surface area contributed by atoms with E-state index in [0.717, 1.165) is 17.8 Å². The fraction of sp³-hybridized carbons (Fsp3) is 0.278. The van der Waals surface area contributed by atoms with Crippen LogP contribution in [0.3, 0.4) is 0 Å². The molecule has 27 heavy (non-hydrogen) atoms. The number of nitrogens with zero attached hydrogens (tertiary/aromatic N) is 4. The molecule has 0 radical (unpaired) electrons. The van der Waals surface area contributed by atoms with Gasteiger partial charge in [-0.15, -0.1) is 10.2 Å². The number of nitro groups is 1. The summed E-state index contributed by atoms with van der Waals surface area (Å²) in [5, 5.41) is 22.2. The first-order valence-corrected chi connectivity index (χ1v) is 9.79. The Bertz CT molecular complexity index is 942. The molecule has 1 unspecified atom stereocenters. The second-order valence-electron chi connectivity index (χ2n) is 5.99. The Labute approximate surface area is 160 Å². The zero-order chi connectivity index (χ0) is 19.2. The average Bonchev–Trinajstić information content (AvgIpc) is 3.09. The number of amides is 1. The summed E-state index contributed by atoms with van der Waals surface area (Å²) in [6, 6.07) is 11.4. The van der Waals surface area contributed by atoms with Crippen LogP contribution in [0.4, 0.5) is 5.69 Å². The number of rotatable bonds is 8. The summed E-state index contributed by atoms with van der Waals surface area (Å²) < 4.78 is 1.87. The molecule has 2 aromatic heterocycles. The maximum absolute atomic E-state index is 12.5. The van der Waals surface area contributed by atoms with Crippen molar-refractivity contribution in [2.45, 2.75) is 18.9 Å². The number of aromatic nitrogens is 3. The van der Waals surface area contributed by atoms with Crippen LogP contribution in [0.15, 0.2) is 48.7 Å². The Balaban J connectivity index is 1.74. The third-order valence-electron chi connectivity index (χ3n) is 4.11. The van der Waals surface area contributed by atoms with Gasteiger partial charge >= 0.3 is 0 Å². The van der Waals surface area contributed by atoms with Crippen molar-refractivity contribution >= 4 is 29.0 Å². The monoisotopic (exact) mass is 385 g/mol. The molecular formula is C18H19N5O3S. The molecule has 3 rings (SSSR count). The second-order valence-corrected chi connectivity index (χ2v) is 6.97. The van der Waals surface area contributed by atoms with Crippen LogP contribution in [-0.2, 0) is 11.2 Å². The van der Waals surface area contributed by atoms with Gasteiger partial charge in [0.1, 0.15) is 0 Å². The van der Waals surface area contributed by atoms with Crippen molar-refractivity contribution in [2.24, 2.45) is 0 Å². The van der Waals surface area contributed by atoms with Crippen LogP contribution in [0.25, 0.3) is 5.65 Å². The van der Waals surface area contributed by atoms with E-state index < -0.39 is 4.92 Å². The lowest BCUT2D eigenvalue weighted by Gasteiger charge is -2.17. The van der Waals surface area contributed by atoms with Gasteiger partial charge in [-0.3, -0.25) is 19.3 Å². The summed E-state index contributed by atoms with van der Waals surface area (Å²) in [5.41, 5.74) is 1.45. The van der Waals surface area contributed by atoms with Crippen molar-refractivity contribution in [3.8, 4) is 0 Å². The van der Waals surface area contributed by atoms with Gasteiger partial charge in [0.15, 0.2) is 11.5 Å². The highest BCUT2D eigenvalue weighted by atomic mass is 32.2. The molecule has 1 N–H and O–H groups in total. The smallest absolute Gasteiger partial charge is 0.269 e. The SMILES string of the molecule is CSCCC(NC(=O)Cc1ccc([N+](=O)[O-])cc1)c1nnc2ccccn12. The number of nitro benzene ring substituents is 1. The summed E-state index contributed by atoms with van der Waals surface area (Å²) in [6.45, 7) is 0. The fourth-order valence-electron chi connectivity index (χ4n) is 2.77. The summed E-state index contributed by atoms with van der Waals surface area (Å²) in [7, 11) is 0. The number of benzene rings is 1. The predicted molar refractivity (Wildman–Crippen MR) is 104 cm³/mol. The number of carbonyl (C=O) groups excluding carboxylic acids is 1. The minimum atomic E-state index is -0.460. The molecule has 9 heteroatoms. The Hall–Kier alpha value is -2.94. The lowest BCUT2D eigenvalue weighted by atomic mass is 10.1. The molecule has 140 valence electrons. The van der Waals surface area contributed by atoms with Crippen molar-refractivity contribution in [1.29, 1.82) is 0 Å². The van der Waals surface area contributed by atoms with Crippen molar-refractivity contribution in [1.82, 2.24) is 19.9 Å². The summed E-state index contributed by atoms with van der Waals surface area (Å²) >= 11 is 1.70. The highest BCUT2D eigenvalue weighted by Gasteiger charge is 2.20. The van der Waals surface area contributed by atoms with Gasteiger partial charge in [0, 0.05) is 18.3 Å². The lowest BCUT2D eigenvalue weighted by Crippen LogP contribution is -2.31. The molecular weight excluding hydrogens is 366 g/mol. The number of non-ortho nitro benzene ring substituents is 1. The highest BCUT2D eigenvalue weighted by molar-refractivity contribution is 7.98. The molecule has 0 saturated carbocycles. The van der Waals surface area contributed by atoms with E-state index in [-0.39, 0.29) is 24.1 Å². The number of hydrogen-bond donors (Lipinski definition) is 1. The topological polar surface area (TPSA) is 102 Å². The third-order valence-corrected chi connectivity index (χ3v) is 4.75. The Morgan fingerprint density at radius 3 is 2.74 bits per heavy atom. The van der Waals surface area contributed by atoms with Crippen LogP contribution < -0.4 is 5.32 Å².